The molecule has 1 saturated carbocycles. The Bertz CT molecular complexity index is 192. The molecule has 0 radical (unpaired) electrons. The Morgan fingerprint density at radius 1 is 1.00 bits per heavy atom. The highest BCUT2D eigenvalue weighted by Gasteiger charge is 2.30. The lowest BCUT2D eigenvalue weighted by Crippen LogP contribution is -2.36. The molecule has 0 saturated heterocycles. The Balaban J connectivity index is 2.54. The zero-order valence-corrected chi connectivity index (χ0v) is 14.8. The van der Waals surface area contributed by atoms with Gasteiger partial charge in [-0.15, -0.1) is 0 Å². The maximum Gasteiger partial charge on any atom is 0.168 e. The Kier molecular flexibility index (Phi) is 7.04. The lowest BCUT2D eigenvalue weighted by Gasteiger charge is -2.34. The Hall–Kier alpha value is 0.394. The molecule has 1 nitrogen and oxygen atoms in total. The summed E-state index contributed by atoms with van der Waals surface area (Å²) in [6, 6.07) is 1.35. The molecule has 1 rings (SSSR count). The van der Waals surface area contributed by atoms with Crippen molar-refractivity contribution in [2.75, 3.05) is 0 Å². The monoisotopic (exact) mass is 272 g/mol. The summed E-state index contributed by atoms with van der Waals surface area (Å²) in [5.41, 5.74) is 2.61. The van der Waals surface area contributed by atoms with Crippen LogP contribution in [0.5, 0.6) is 0 Å². The summed E-state index contributed by atoms with van der Waals surface area (Å²) in [7, 11) is -1.87. The van der Waals surface area contributed by atoms with Gasteiger partial charge >= 0.3 is 0 Å². The largest absolute Gasteiger partial charge is 0.459 e. The molecule has 0 aliphatic heterocycles. The maximum atomic E-state index is 6.74. The van der Waals surface area contributed by atoms with Crippen molar-refractivity contribution >= 4 is 18.1 Å². The minimum atomic E-state index is -0.965. The SMILES string of the molecule is CC[SiH](O[SiH](C(C)C)C(C)C)C1CCCCC1. The highest BCUT2D eigenvalue weighted by atomic mass is 28.4. The topological polar surface area (TPSA) is 9.23 Å². The number of hydrogen-bond donors (Lipinski definition) is 0. The van der Waals surface area contributed by atoms with Crippen molar-refractivity contribution in [2.45, 2.75) is 89.4 Å². The van der Waals surface area contributed by atoms with Gasteiger partial charge in [0.1, 0.15) is 0 Å². The van der Waals surface area contributed by atoms with Crippen LogP contribution in [0.25, 0.3) is 0 Å². The Morgan fingerprint density at radius 2 is 1.53 bits per heavy atom. The van der Waals surface area contributed by atoms with E-state index >= 15 is 0 Å². The third-order valence-corrected chi connectivity index (χ3v) is 12.0. The van der Waals surface area contributed by atoms with Gasteiger partial charge in [-0.1, -0.05) is 66.7 Å². The third-order valence-electron chi connectivity index (χ3n) is 4.22. The van der Waals surface area contributed by atoms with Crippen LogP contribution in [-0.2, 0) is 4.12 Å². The zero-order chi connectivity index (χ0) is 12.8. The van der Waals surface area contributed by atoms with Gasteiger partial charge in [0.25, 0.3) is 0 Å². The van der Waals surface area contributed by atoms with Crippen molar-refractivity contribution in [2.24, 2.45) is 0 Å². The van der Waals surface area contributed by atoms with Gasteiger partial charge in [-0.25, -0.2) is 0 Å². The van der Waals surface area contributed by atoms with Crippen LogP contribution in [0, 0.1) is 0 Å². The van der Waals surface area contributed by atoms with Crippen LogP contribution in [0.3, 0.4) is 0 Å². The first-order chi connectivity index (χ1) is 8.06. The maximum absolute atomic E-state index is 6.74. The third kappa shape index (κ3) is 4.88. The van der Waals surface area contributed by atoms with Gasteiger partial charge in [0.05, 0.1) is 0 Å². The highest BCUT2D eigenvalue weighted by Crippen LogP contribution is 2.35. The van der Waals surface area contributed by atoms with Gasteiger partial charge in [0.15, 0.2) is 18.1 Å². The second-order valence-electron chi connectivity index (χ2n) is 6.43. The van der Waals surface area contributed by atoms with Gasteiger partial charge in [-0.2, -0.15) is 0 Å². The molecule has 0 heterocycles. The van der Waals surface area contributed by atoms with Crippen molar-refractivity contribution in [3.63, 3.8) is 0 Å². The van der Waals surface area contributed by atoms with Gasteiger partial charge < -0.3 is 4.12 Å². The van der Waals surface area contributed by atoms with Gasteiger partial charge in [-0.3, -0.25) is 0 Å². The summed E-state index contributed by atoms with van der Waals surface area (Å²) < 4.78 is 6.74. The molecule has 1 fully saturated rings. The molecule has 3 heteroatoms. The summed E-state index contributed by atoms with van der Waals surface area (Å²) in [5.74, 6) is 0. The van der Waals surface area contributed by atoms with Crippen LogP contribution < -0.4 is 0 Å². The summed E-state index contributed by atoms with van der Waals surface area (Å²) in [4.78, 5) is 0. The van der Waals surface area contributed by atoms with E-state index in [-0.39, 0.29) is 0 Å². The molecule has 0 aromatic heterocycles. The predicted molar refractivity (Wildman–Crippen MR) is 82.9 cm³/mol. The lowest BCUT2D eigenvalue weighted by molar-refractivity contribution is 0.447. The normalized spacial score (nSPS) is 20.5. The molecule has 0 spiro atoms. The zero-order valence-electron chi connectivity index (χ0n) is 12.5. The predicted octanol–water partition coefficient (Wildman–Crippen LogP) is 4.62. The smallest absolute Gasteiger partial charge is 0.168 e. The molecular weight excluding hydrogens is 240 g/mol. The second-order valence-corrected chi connectivity index (χ2v) is 14.0. The standard InChI is InChI=1S/C14H32OSi2/c1-6-16(14-10-8-7-9-11-14)15-17(12(2)3)13(4)5/h12-14,16-17H,6-11H2,1-5H3. The van der Waals surface area contributed by atoms with Crippen molar-refractivity contribution in [1.82, 2.24) is 0 Å². The Morgan fingerprint density at radius 3 is 1.94 bits per heavy atom. The summed E-state index contributed by atoms with van der Waals surface area (Å²) >= 11 is 0. The van der Waals surface area contributed by atoms with E-state index in [0.717, 1.165) is 16.6 Å². The number of hydrogen-bond acceptors (Lipinski definition) is 1. The molecule has 0 amide bonds. The summed E-state index contributed by atoms with van der Waals surface area (Å²) in [6.07, 6.45) is 7.35. The lowest BCUT2D eigenvalue weighted by atomic mass is 10.0. The molecule has 0 aromatic rings. The van der Waals surface area contributed by atoms with Gasteiger partial charge in [-0.05, 0) is 22.7 Å². The minimum Gasteiger partial charge on any atom is -0.459 e. The van der Waals surface area contributed by atoms with E-state index in [4.69, 9.17) is 4.12 Å². The fourth-order valence-electron chi connectivity index (χ4n) is 3.33. The van der Waals surface area contributed by atoms with E-state index in [1.807, 2.05) is 0 Å². The molecule has 1 aliphatic rings. The molecular formula is C14H32OSi2. The van der Waals surface area contributed by atoms with Crippen LogP contribution in [-0.4, -0.2) is 18.1 Å². The summed E-state index contributed by atoms with van der Waals surface area (Å²) in [5, 5.41) is 0. The molecule has 0 aromatic carbocycles. The fraction of sp³-hybridized carbons (Fsp3) is 1.00. The van der Waals surface area contributed by atoms with E-state index in [1.54, 1.807) is 0 Å². The Labute approximate surface area is 112 Å². The van der Waals surface area contributed by atoms with Crippen molar-refractivity contribution < 1.29 is 4.12 Å². The average Bonchev–Trinajstić information content (AvgIpc) is 2.30. The van der Waals surface area contributed by atoms with Crippen molar-refractivity contribution in [3.8, 4) is 0 Å². The molecule has 0 N–H and O–H groups in total. The quantitative estimate of drug-likeness (QED) is 0.641. The first-order valence-corrected chi connectivity index (χ1v) is 11.5. The van der Waals surface area contributed by atoms with Crippen LogP contribution in [0.15, 0.2) is 0 Å². The highest BCUT2D eigenvalue weighted by molar-refractivity contribution is 6.68. The van der Waals surface area contributed by atoms with Crippen LogP contribution in [0.2, 0.25) is 22.7 Å². The van der Waals surface area contributed by atoms with Crippen LogP contribution >= 0.6 is 0 Å². The van der Waals surface area contributed by atoms with Crippen LogP contribution in [0.1, 0.15) is 66.7 Å². The number of rotatable bonds is 6. The molecule has 1 aliphatic carbocycles. The van der Waals surface area contributed by atoms with E-state index in [0.29, 0.717) is 0 Å². The molecule has 102 valence electrons. The molecule has 1 atom stereocenters. The van der Waals surface area contributed by atoms with Crippen molar-refractivity contribution in [3.05, 3.63) is 0 Å². The minimum absolute atomic E-state index is 0.806. The van der Waals surface area contributed by atoms with E-state index in [9.17, 15) is 0 Å². The van der Waals surface area contributed by atoms with E-state index in [1.165, 1.54) is 38.1 Å². The van der Waals surface area contributed by atoms with E-state index in [2.05, 4.69) is 34.6 Å². The molecule has 17 heavy (non-hydrogen) atoms. The first kappa shape index (κ1) is 15.5. The molecule has 1 unspecified atom stereocenters. The van der Waals surface area contributed by atoms with Gasteiger partial charge in [0, 0.05) is 0 Å². The fourth-order valence-corrected chi connectivity index (χ4v) is 12.5. The average molecular weight is 273 g/mol. The van der Waals surface area contributed by atoms with Gasteiger partial charge in [0.2, 0.25) is 0 Å². The van der Waals surface area contributed by atoms with Crippen molar-refractivity contribution in [1.29, 1.82) is 0 Å². The van der Waals surface area contributed by atoms with E-state index < -0.39 is 18.1 Å². The molecule has 0 bridgehead atoms. The summed E-state index contributed by atoms with van der Waals surface area (Å²) in [6.45, 7) is 11.9. The first-order valence-electron chi connectivity index (χ1n) is 7.71. The van der Waals surface area contributed by atoms with Crippen LogP contribution in [0.4, 0.5) is 0 Å². The second kappa shape index (κ2) is 7.75.